The Morgan fingerprint density at radius 3 is 2.50 bits per heavy atom. The lowest BCUT2D eigenvalue weighted by molar-refractivity contribution is -0.118. The summed E-state index contributed by atoms with van der Waals surface area (Å²) in [6.45, 7) is 2.26. The van der Waals surface area contributed by atoms with Crippen molar-refractivity contribution >= 4 is 28.4 Å². The fourth-order valence-corrected chi connectivity index (χ4v) is 3.75. The maximum atomic E-state index is 12.8. The Balaban J connectivity index is 1.93. The van der Waals surface area contributed by atoms with Gasteiger partial charge in [0.15, 0.2) is 0 Å². The zero-order chi connectivity index (χ0) is 23.3. The molecule has 0 atom stereocenters. The number of amides is 1. The molecule has 0 unspecified atom stereocenters. The van der Waals surface area contributed by atoms with Crippen molar-refractivity contribution in [3.05, 3.63) is 80.4 Å². The van der Waals surface area contributed by atoms with Crippen LogP contribution < -0.4 is 16.6 Å². The number of nitrogens with one attached hydrogen (secondary N) is 1. The van der Waals surface area contributed by atoms with Gasteiger partial charge in [-0.05, 0) is 36.2 Å². The Hall–Kier alpha value is -3.53. The molecule has 0 saturated carbocycles. The standard InChI is InChI=1S/C22H24N4O5S/c1-4-14-7-9-15(10-8-14)24-19(18-20(28)25(2)22(30)26(3)21(18)29)32-13-17(27)23-12-16-6-5-11-31-16/h5-11,28H,4,12-13H2,1-3H3,(H,23,27). The van der Waals surface area contributed by atoms with E-state index in [1.54, 1.807) is 24.3 Å². The topological polar surface area (TPSA) is 119 Å². The lowest BCUT2D eigenvalue weighted by atomic mass is 10.1. The minimum atomic E-state index is -0.696. The number of aliphatic imine (C=N–C) groups is 1. The highest BCUT2D eigenvalue weighted by atomic mass is 32.2. The Kier molecular flexibility index (Phi) is 7.37. The molecule has 2 N–H and O–H groups in total. The molecule has 0 saturated heterocycles. The van der Waals surface area contributed by atoms with Crippen molar-refractivity contribution in [3.63, 3.8) is 0 Å². The lowest BCUT2D eigenvalue weighted by Crippen LogP contribution is -2.39. The molecule has 0 spiro atoms. The third-order valence-corrected chi connectivity index (χ3v) is 5.78. The van der Waals surface area contributed by atoms with E-state index in [0.717, 1.165) is 32.9 Å². The SMILES string of the molecule is CCc1ccc(N=C(SCC(=O)NCc2ccco2)c2c(O)n(C)c(=O)n(C)c2=O)cc1. The van der Waals surface area contributed by atoms with Gasteiger partial charge in [0, 0.05) is 14.1 Å². The number of thioether (sulfide) groups is 1. The first-order valence-corrected chi connectivity index (χ1v) is 10.9. The Morgan fingerprint density at radius 1 is 1.16 bits per heavy atom. The first-order chi connectivity index (χ1) is 15.3. The van der Waals surface area contributed by atoms with Gasteiger partial charge in [-0.3, -0.25) is 18.7 Å². The van der Waals surface area contributed by atoms with E-state index < -0.39 is 17.1 Å². The number of carbonyl (C=O) groups is 1. The van der Waals surface area contributed by atoms with E-state index in [2.05, 4.69) is 10.3 Å². The second-order valence-electron chi connectivity index (χ2n) is 6.99. The van der Waals surface area contributed by atoms with Crippen LogP contribution in [0.25, 0.3) is 0 Å². The van der Waals surface area contributed by atoms with Crippen LogP contribution in [0.4, 0.5) is 5.69 Å². The number of hydrogen-bond acceptors (Lipinski definition) is 7. The summed E-state index contributed by atoms with van der Waals surface area (Å²) >= 11 is 0.995. The normalized spacial score (nSPS) is 11.5. The van der Waals surface area contributed by atoms with Crippen LogP contribution in [0.15, 0.2) is 61.7 Å². The molecule has 3 aromatic rings. The van der Waals surface area contributed by atoms with E-state index in [4.69, 9.17) is 4.42 Å². The second kappa shape index (κ2) is 10.2. The van der Waals surface area contributed by atoms with Gasteiger partial charge >= 0.3 is 5.69 Å². The smallest absolute Gasteiger partial charge is 0.333 e. The van der Waals surface area contributed by atoms with Crippen LogP contribution in [0.2, 0.25) is 0 Å². The van der Waals surface area contributed by atoms with Crippen LogP contribution in [-0.2, 0) is 31.9 Å². The van der Waals surface area contributed by atoms with Crippen molar-refractivity contribution in [2.24, 2.45) is 19.1 Å². The van der Waals surface area contributed by atoms with Crippen molar-refractivity contribution in [2.75, 3.05) is 5.75 Å². The van der Waals surface area contributed by atoms with Gasteiger partial charge in [0.1, 0.15) is 16.4 Å². The summed E-state index contributed by atoms with van der Waals surface area (Å²) in [4.78, 5) is 41.8. The molecule has 0 radical (unpaired) electrons. The first kappa shape index (κ1) is 23.1. The van der Waals surface area contributed by atoms with Gasteiger partial charge < -0.3 is 14.8 Å². The minimum absolute atomic E-state index is 0.0575. The molecule has 9 nitrogen and oxygen atoms in total. The molecule has 0 aliphatic heterocycles. The highest BCUT2D eigenvalue weighted by Gasteiger charge is 2.21. The summed E-state index contributed by atoms with van der Waals surface area (Å²) in [6.07, 6.45) is 2.38. The van der Waals surface area contributed by atoms with Crippen LogP contribution >= 0.6 is 11.8 Å². The molecule has 3 rings (SSSR count). The predicted molar refractivity (Wildman–Crippen MR) is 124 cm³/mol. The highest BCUT2D eigenvalue weighted by molar-refractivity contribution is 8.15. The number of nitrogens with zero attached hydrogens (tertiary/aromatic N) is 3. The van der Waals surface area contributed by atoms with Gasteiger partial charge in [-0.15, -0.1) is 0 Å². The molecule has 1 aromatic carbocycles. The zero-order valence-electron chi connectivity index (χ0n) is 18.0. The van der Waals surface area contributed by atoms with Crippen molar-refractivity contribution in [3.8, 4) is 5.88 Å². The summed E-state index contributed by atoms with van der Waals surface area (Å²) < 4.78 is 7.04. The molecule has 2 heterocycles. The number of aromatic hydroxyl groups is 1. The fraction of sp³-hybridized carbons (Fsp3) is 0.273. The van der Waals surface area contributed by atoms with E-state index in [1.165, 1.54) is 20.4 Å². The Morgan fingerprint density at radius 2 is 1.88 bits per heavy atom. The third-order valence-electron chi connectivity index (χ3n) is 4.80. The van der Waals surface area contributed by atoms with Gasteiger partial charge in [-0.2, -0.15) is 0 Å². The molecule has 2 aromatic heterocycles. The molecule has 32 heavy (non-hydrogen) atoms. The van der Waals surface area contributed by atoms with Crippen molar-refractivity contribution in [2.45, 2.75) is 19.9 Å². The van der Waals surface area contributed by atoms with E-state index in [9.17, 15) is 19.5 Å². The fourth-order valence-electron chi connectivity index (χ4n) is 2.89. The van der Waals surface area contributed by atoms with Crippen LogP contribution in [0.3, 0.4) is 0 Å². The summed E-state index contributed by atoms with van der Waals surface area (Å²) in [5, 5.41) is 13.4. The van der Waals surface area contributed by atoms with Crippen molar-refractivity contribution in [1.82, 2.24) is 14.5 Å². The molecule has 10 heteroatoms. The number of furan rings is 1. The van der Waals surface area contributed by atoms with Crippen LogP contribution in [-0.4, -0.2) is 30.9 Å². The third kappa shape index (κ3) is 5.20. The molecule has 168 valence electrons. The van der Waals surface area contributed by atoms with Gasteiger partial charge in [0.2, 0.25) is 11.8 Å². The number of hydrogen-bond donors (Lipinski definition) is 2. The minimum Gasteiger partial charge on any atom is -0.494 e. The van der Waals surface area contributed by atoms with Gasteiger partial charge in [-0.25, -0.2) is 9.79 Å². The molecular weight excluding hydrogens is 432 g/mol. The number of rotatable bonds is 7. The van der Waals surface area contributed by atoms with Crippen molar-refractivity contribution < 1.29 is 14.3 Å². The first-order valence-electron chi connectivity index (χ1n) is 9.90. The van der Waals surface area contributed by atoms with Crippen LogP contribution in [0.1, 0.15) is 23.8 Å². The number of aromatic nitrogens is 2. The number of carbonyl (C=O) groups excluding carboxylic acids is 1. The van der Waals surface area contributed by atoms with Crippen LogP contribution in [0.5, 0.6) is 5.88 Å². The quantitative estimate of drug-likeness (QED) is 0.415. The van der Waals surface area contributed by atoms with Crippen LogP contribution in [0, 0.1) is 0 Å². The van der Waals surface area contributed by atoms with E-state index >= 15 is 0 Å². The monoisotopic (exact) mass is 456 g/mol. The average molecular weight is 457 g/mol. The number of aryl methyl sites for hydroxylation is 1. The maximum absolute atomic E-state index is 12.8. The van der Waals surface area contributed by atoms with Gasteiger partial charge in [-0.1, -0.05) is 30.8 Å². The summed E-state index contributed by atoms with van der Waals surface area (Å²) in [5.74, 6) is -0.261. The molecule has 0 aliphatic rings. The Labute approximate surface area is 188 Å². The lowest BCUT2D eigenvalue weighted by Gasteiger charge is -2.12. The number of benzene rings is 1. The molecule has 0 aliphatic carbocycles. The summed E-state index contributed by atoms with van der Waals surface area (Å²) in [5.41, 5.74) is 0.174. The van der Waals surface area contributed by atoms with E-state index in [-0.39, 0.29) is 28.8 Å². The average Bonchev–Trinajstić information content (AvgIpc) is 3.32. The Bertz CT molecular complexity index is 1240. The zero-order valence-corrected chi connectivity index (χ0v) is 18.8. The van der Waals surface area contributed by atoms with E-state index in [1.807, 2.05) is 19.1 Å². The van der Waals surface area contributed by atoms with E-state index in [0.29, 0.717) is 11.4 Å². The summed E-state index contributed by atoms with van der Waals surface area (Å²) in [7, 11) is 2.68. The predicted octanol–water partition coefficient (Wildman–Crippen LogP) is 2.07. The van der Waals surface area contributed by atoms with Gasteiger partial charge in [0.05, 0.1) is 24.2 Å². The molecule has 0 bridgehead atoms. The summed E-state index contributed by atoms with van der Waals surface area (Å²) in [6, 6.07) is 10.9. The molecule has 1 amide bonds. The second-order valence-corrected chi connectivity index (χ2v) is 7.95. The van der Waals surface area contributed by atoms with Gasteiger partial charge in [0.25, 0.3) is 5.56 Å². The van der Waals surface area contributed by atoms with Crippen molar-refractivity contribution in [1.29, 1.82) is 0 Å². The highest BCUT2D eigenvalue weighted by Crippen LogP contribution is 2.23. The maximum Gasteiger partial charge on any atom is 0.333 e. The largest absolute Gasteiger partial charge is 0.494 e. The molecule has 0 fully saturated rings. The molecular formula is C22H24N4O5S.